The Labute approximate surface area is 118 Å². The molecule has 3 nitrogen and oxygen atoms in total. The molecule has 2 fully saturated rings. The van der Waals surface area contributed by atoms with E-state index in [9.17, 15) is 0 Å². The molecule has 0 atom stereocenters. The number of hydrogen-bond acceptors (Lipinski definition) is 3. The smallest absolute Gasteiger partial charge is 0.0806 e. The highest BCUT2D eigenvalue weighted by Gasteiger charge is 2.35. The molecule has 112 valence electrons. The first-order chi connectivity index (χ1) is 9.24. The average molecular weight is 269 g/mol. The summed E-state index contributed by atoms with van der Waals surface area (Å²) in [6.07, 6.45) is 7.44. The summed E-state index contributed by atoms with van der Waals surface area (Å²) in [6, 6.07) is 0. The first-order valence-corrected chi connectivity index (χ1v) is 8.16. The zero-order valence-electron chi connectivity index (χ0n) is 12.7. The largest absolute Gasteiger partial charge is 0.381 e. The van der Waals surface area contributed by atoms with Crippen LogP contribution >= 0.6 is 0 Å². The second kappa shape index (κ2) is 7.61. The van der Waals surface area contributed by atoms with Gasteiger partial charge in [-0.05, 0) is 56.9 Å². The summed E-state index contributed by atoms with van der Waals surface area (Å²) < 4.78 is 11.9. The van der Waals surface area contributed by atoms with Crippen LogP contribution in [0, 0.1) is 11.8 Å². The van der Waals surface area contributed by atoms with E-state index in [1.165, 1.54) is 38.5 Å². The molecule has 1 heterocycles. The van der Waals surface area contributed by atoms with Crippen LogP contribution in [-0.4, -0.2) is 38.5 Å². The molecule has 3 heteroatoms. The van der Waals surface area contributed by atoms with Crippen LogP contribution in [-0.2, 0) is 9.47 Å². The lowest BCUT2D eigenvalue weighted by Gasteiger charge is -2.40. The normalized spacial score (nSPS) is 33.5. The van der Waals surface area contributed by atoms with E-state index in [1.54, 1.807) is 0 Å². The molecular weight excluding hydrogens is 238 g/mol. The van der Waals surface area contributed by atoms with E-state index in [0.717, 1.165) is 38.8 Å². The fraction of sp³-hybridized carbons (Fsp3) is 1.00. The molecule has 0 aromatic carbocycles. The maximum Gasteiger partial charge on any atom is 0.0806 e. The van der Waals surface area contributed by atoms with Crippen LogP contribution < -0.4 is 5.32 Å². The molecule has 1 aliphatic carbocycles. The highest BCUT2D eigenvalue weighted by atomic mass is 16.5. The van der Waals surface area contributed by atoms with E-state index in [0.29, 0.717) is 5.92 Å². The lowest BCUT2D eigenvalue weighted by Crippen LogP contribution is -2.46. The minimum atomic E-state index is 0.112. The predicted octanol–water partition coefficient (Wildman–Crippen LogP) is 2.99. The van der Waals surface area contributed by atoms with Crippen LogP contribution in [0.2, 0.25) is 0 Å². The number of likely N-dealkylation sites (N-methyl/N-ethyl adjacent to an activating group) is 1. The molecular formula is C16H31NO2. The van der Waals surface area contributed by atoms with Gasteiger partial charge in [0.2, 0.25) is 0 Å². The van der Waals surface area contributed by atoms with Gasteiger partial charge in [-0.3, -0.25) is 0 Å². The number of rotatable bonds is 6. The molecule has 19 heavy (non-hydrogen) atoms. The molecule has 0 aromatic rings. The van der Waals surface area contributed by atoms with E-state index < -0.39 is 0 Å². The zero-order valence-corrected chi connectivity index (χ0v) is 12.7. The van der Waals surface area contributed by atoms with Crippen molar-refractivity contribution in [3.63, 3.8) is 0 Å². The third kappa shape index (κ3) is 4.73. The topological polar surface area (TPSA) is 30.5 Å². The molecule has 0 aromatic heterocycles. The Morgan fingerprint density at radius 2 is 1.84 bits per heavy atom. The molecule has 0 amide bonds. The van der Waals surface area contributed by atoms with Gasteiger partial charge in [-0.15, -0.1) is 0 Å². The van der Waals surface area contributed by atoms with Crippen molar-refractivity contribution in [2.45, 2.75) is 58.0 Å². The third-order valence-electron chi connectivity index (χ3n) is 4.85. The molecule has 1 saturated carbocycles. The molecule has 0 bridgehead atoms. The standard InChI is InChI=1S/C16H31NO2/c1-3-17-13-16(8-4-14(2)5-9-16)19-12-15-6-10-18-11-7-15/h14-15,17H,3-13H2,1-2H3. The second-order valence-corrected chi connectivity index (χ2v) is 6.51. The fourth-order valence-electron chi connectivity index (χ4n) is 3.22. The van der Waals surface area contributed by atoms with Gasteiger partial charge in [0.05, 0.1) is 12.2 Å². The van der Waals surface area contributed by atoms with Gasteiger partial charge < -0.3 is 14.8 Å². The van der Waals surface area contributed by atoms with E-state index in [-0.39, 0.29) is 5.60 Å². The molecule has 1 aliphatic heterocycles. The van der Waals surface area contributed by atoms with Crippen LogP contribution in [0.25, 0.3) is 0 Å². The lowest BCUT2D eigenvalue weighted by atomic mass is 9.79. The molecule has 0 spiro atoms. The minimum Gasteiger partial charge on any atom is -0.381 e. The first kappa shape index (κ1) is 15.3. The predicted molar refractivity (Wildman–Crippen MR) is 78.4 cm³/mol. The maximum absolute atomic E-state index is 6.44. The summed E-state index contributed by atoms with van der Waals surface area (Å²) in [5.74, 6) is 1.59. The molecule has 1 N–H and O–H groups in total. The zero-order chi connectivity index (χ0) is 13.6. The van der Waals surface area contributed by atoms with Gasteiger partial charge in [-0.2, -0.15) is 0 Å². The highest BCUT2D eigenvalue weighted by Crippen LogP contribution is 2.35. The van der Waals surface area contributed by atoms with E-state index >= 15 is 0 Å². The number of ether oxygens (including phenoxy) is 2. The molecule has 1 saturated heterocycles. The van der Waals surface area contributed by atoms with Crippen molar-refractivity contribution in [2.75, 3.05) is 32.9 Å². The van der Waals surface area contributed by atoms with Crippen LogP contribution in [0.3, 0.4) is 0 Å². The maximum atomic E-state index is 6.44. The van der Waals surface area contributed by atoms with Gasteiger partial charge in [0, 0.05) is 19.8 Å². The average Bonchev–Trinajstić information content (AvgIpc) is 2.47. The molecule has 0 radical (unpaired) electrons. The Balaban J connectivity index is 1.82. The van der Waals surface area contributed by atoms with Gasteiger partial charge in [0.15, 0.2) is 0 Å². The summed E-state index contributed by atoms with van der Waals surface area (Å²) in [5.41, 5.74) is 0.112. The summed E-state index contributed by atoms with van der Waals surface area (Å²) >= 11 is 0. The van der Waals surface area contributed by atoms with E-state index in [2.05, 4.69) is 19.2 Å². The Hall–Kier alpha value is -0.120. The number of nitrogens with one attached hydrogen (secondary N) is 1. The summed E-state index contributed by atoms with van der Waals surface area (Å²) in [5, 5.41) is 3.51. The van der Waals surface area contributed by atoms with Crippen molar-refractivity contribution in [3.8, 4) is 0 Å². The van der Waals surface area contributed by atoms with Crippen LogP contribution in [0.1, 0.15) is 52.4 Å². The Morgan fingerprint density at radius 1 is 1.16 bits per heavy atom. The van der Waals surface area contributed by atoms with Gasteiger partial charge >= 0.3 is 0 Å². The SMILES string of the molecule is CCNCC1(OCC2CCOCC2)CCC(C)CC1. The van der Waals surface area contributed by atoms with E-state index in [1.807, 2.05) is 0 Å². The Morgan fingerprint density at radius 3 is 2.47 bits per heavy atom. The molecule has 2 aliphatic rings. The van der Waals surface area contributed by atoms with Gasteiger partial charge in [-0.25, -0.2) is 0 Å². The van der Waals surface area contributed by atoms with Crippen molar-refractivity contribution in [2.24, 2.45) is 11.8 Å². The lowest BCUT2D eigenvalue weighted by molar-refractivity contribution is -0.0978. The van der Waals surface area contributed by atoms with Crippen molar-refractivity contribution in [1.29, 1.82) is 0 Å². The van der Waals surface area contributed by atoms with Gasteiger partial charge in [0.25, 0.3) is 0 Å². The van der Waals surface area contributed by atoms with Crippen LogP contribution in [0.5, 0.6) is 0 Å². The summed E-state index contributed by atoms with van der Waals surface area (Å²) in [7, 11) is 0. The first-order valence-electron chi connectivity index (χ1n) is 8.16. The minimum absolute atomic E-state index is 0.112. The molecule has 2 rings (SSSR count). The quantitative estimate of drug-likeness (QED) is 0.804. The number of hydrogen-bond donors (Lipinski definition) is 1. The fourth-order valence-corrected chi connectivity index (χ4v) is 3.22. The van der Waals surface area contributed by atoms with Crippen molar-refractivity contribution in [1.82, 2.24) is 5.32 Å². The van der Waals surface area contributed by atoms with Crippen LogP contribution in [0.15, 0.2) is 0 Å². The van der Waals surface area contributed by atoms with Gasteiger partial charge in [-0.1, -0.05) is 13.8 Å². The van der Waals surface area contributed by atoms with E-state index in [4.69, 9.17) is 9.47 Å². The third-order valence-corrected chi connectivity index (χ3v) is 4.85. The monoisotopic (exact) mass is 269 g/mol. The second-order valence-electron chi connectivity index (χ2n) is 6.51. The van der Waals surface area contributed by atoms with Gasteiger partial charge in [0.1, 0.15) is 0 Å². The summed E-state index contributed by atoms with van der Waals surface area (Å²) in [4.78, 5) is 0. The van der Waals surface area contributed by atoms with Crippen molar-refractivity contribution >= 4 is 0 Å². The molecule has 0 unspecified atom stereocenters. The van der Waals surface area contributed by atoms with Crippen molar-refractivity contribution < 1.29 is 9.47 Å². The Kier molecular flexibility index (Phi) is 6.11. The Bertz CT molecular complexity index is 238. The highest BCUT2D eigenvalue weighted by molar-refractivity contribution is 4.88. The van der Waals surface area contributed by atoms with Crippen molar-refractivity contribution in [3.05, 3.63) is 0 Å². The summed E-state index contributed by atoms with van der Waals surface area (Å²) in [6.45, 7) is 9.39. The van der Waals surface area contributed by atoms with Crippen LogP contribution in [0.4, 0.5) is 0 Å².